The van der Waals surface area contributed by atoms with E-state index in [1.165, 1.54) is 30.3 Å². The molecule has 0 spiro atoms. The average molecular weight is 419 g/mol. The van der Waals surface area contributed by atoms with E-state index in [-0.39, 0.29) is 22.2 Å². The molecule has 0 aliphatic heterocycles. The highest BCUT2D eigenvalue weighted by Crippen LogP contribution is 2.37. The van der Waals surface area contributed by atoms with E-state index in [4.69, 9.17) is 0 Å². The minimum Gasteiger partial charge on any atom is -0.380 e. The van der Waals surface area contributed by atoms with Crippen molar-refractivity contribution in [3.8, 4) is 0 Å². The van der Waals surface area contributed by atoms with Gasteiger partial charge in [-0.3, -0.25) is 9.59 Å². The lowest BCUT2D eigenvalue weighted by Crippen LogP contribution is -2.15. The zero-order chi connectivity index (χ0) is 20.9. The van der Waals surface area contributed by atoms with E-state index in [1.54, 1.807) is 36.5 Å². The zero-order valence-corrected chi connectivity index (χ0v) is 15.7. The summed E-state index contributed by atoms with van der Waals surface area (Å²) >= 11 is -0.212. The van der Waals surface area contributed by atoms with Crippen LogP contribution in [-0.2, 0) is 6.54 Å². The molecule has 29 heavy (non-hydrogen) atoms. The Morgan fingerprint density at radius 3 is 2.38 bits per heavy atom. The standard InChI is InChI=1S/C20H16F3N3O2S/c21-20(22,23)29-15-8-6-14(7-9-15)26-19(28)16-3-1-2-4-17(16)24-11-13-5-10-18(27)25-12-13/h1-10,12,24H,11H2,(H,25,27)(H,26,28). The Morgan fingerprint density at radius 1 is 1.00 bits per heavy atom. The molecule has 1 aromatic heterocycles. The van der Waals surface area contributed by atoms with Gasteiger partial charge in [0.1, 0.15) is 0 Å². The van der Waals surface area contributed by atoms with Crippen molar-refractivity contribution < 1.29 is 18.0 Å². The number of carbonyl (C=O) groups is 1. The van der Waals surface area contributed by atoms with Gasteiger partial charge in [0, 0.05) is 35.1 Å². The maximum absolute atomic E-state index is 12.6. The number of hydrogen-bond donors (Lipinski definition) is 3. The summed E-state index contributed by atoms with van der Waals surface area (Å²) in [6, 6.07) is 15.4. The first-order chi connectivity index (χ1) is 13.8. The van der Waals surface area contributed by atoms with E-state index in [0.29, 0.717) is 23.5 Å². The number of alkyl halides is 3. The number of nitrogens with one attached hydrogen (secondary N) is 3. The summed E-state index contributed by atoms with van der Waals surface area (Å²) in [4.78, 5) is 26.4. The fourth-order valence-electron chi connectivity index (χ4n) is 2.52. The molecule has 1 heterocycles. The maximum atomic E-state index is 12.6. The van der Waals surface area contributed by atoms with E-state index in [9.17, 15) is 22.8 Å². The summed E-state index contributed by atoms with van der Waals surface area (Å²) in [6.45, 7) is 0.393. The highest BCUT2D eigenvalue weighted by Gasteiger charge is 2.29. The second-order valence-corrected chi connectivity index (χ2v) is 7.13. The molecule has 0 bridgehead atoms. The van der Waals surface area contributed by atoms with Crippen LogP contribution in [0.2, 0.25) is 0 Å². The molecular formula is C20H16F3N3O2S. The Bertz CT molecular complexity index is 1030. The number of rotatable bonds is 6. The molecule has 0 fully saturated rings. The Kier molecular flexibility index (Phi) is 6.28. The normalized spacial score (nSPS) is 11.1. The lowest BCUT2D eigenvalue weighted by Gasteiger charge is -2.13. The molecule has 3 rings (SSSR count). The summed E-state index contributed by atoms with van der Waals surface area (Å²) in [5, 5.41) is 5.82. The van der Waals surface area contributed by atoms with Gasteiger partial charge in [-0.05, 0) is 53.7 Å². The first-order valence-electron chi connectivity index (χ1n) is 8.48. The number of amides is 1. The molecule has 150 valence electrons. The van der Waals surface area contributed by atoms with Gasteiger partial charge < -0.3 is 15.6 Å². The SMILES string of the molecule is O=C(Nc1ccc(SC(F)(F)F)cc1)c1ccccc1NCc1ccc(=O)[nH]c1. The molecule has 3 aromatic rings. The zero-order valence-electron chi connectivity index (χ0n) is 14.9. The van der Waals surface area contributed by atoms with Crippen LogP contribution in [0.5, 0.6) is 0 Å². The summed E-state index contributed by atoms with van der Waals surface area (Å²) < 4.78 is 37.2. The van der Waals surface area contributed by atoms with E-state index in [0.717, 1.165) is 5.56 Å². The molecule has 0 saturated carbocycles. The largest absolute Gasteiger partial charge is 0.446 e. The molecule has 0 aliphatic carbocycles. The van der Waals surface area contributed by atoms with Crippen LogP contribution in [-0.4, -0.2) is 16.4 Å². The number of pyridine rings is 1. The van der Waals surface area contributed by atoms with Gasteiger partial charge in [0.05, 0.1) is 5.56 Å². The van der Waals surface area contributed by atoms with Crippen LogP contribution in [0.25, 0.3) is 0 Å². The lowest BCUT2D eigenvalue weighted by atomic mass is 10.1. The number of H-pyrrole nitrogens is 1. The van der Waals surface area contributed by atoms with Gasteiger partial charge in [0.15, 0.2) is 0 Å². The van der Waals surface area contributed by atoms with Crippen molar-refractivity contribution in [1.82, 2.24) is 4.98 Å². The molecule has 9 heteroatoms. The Morgan fingerprint density at radius 2 is 1.72 bits per heavy atom. The molecule has 0 atom stereocenters. The van der Waals surface area contributed by atoms with Crippen LogP contribution in [0.15, 0.2) is 76.6 Å². The second kappa shape index (κ2) is 8.87. The highest BCUT2D eigenvalue weighted by atomic mass is 32.2. The summed E-state index contributed by atoms with van der Waals surface area (Å²) in [6.07, 6.45) is 1.58. The molecule has 2 aromatic carbocycles. The smallest absolute Gasteiger partial charge is 0.380 e. The number of carbonyl (C=O) groups excluding carboxylic acids is 1. The third kappa shape index (κ3) is 6.15. The number of para-hydroxylation sites is 1. The summed E-state index contributed by atoms with van der Waals surface area (Å²) in [5.74, 6) is -0.397. The van der Waals surface area contributed by atoms with Gasteiger partial charge in [0.2, 0.25) is 5.56 Å². The van der Waals surface area contributed by atoms with Crippen LogP contribution in [0.3, 0.4) is 0 Å². The van der Waals surface area contributed by atoms with Crippen molar-refractivity contribution in [2.24, 2.45) is 0 Å². The fraction of sp³-hybridized carbons (Fsp3) is 0.100. The predicted molar refractivity (Wildman–Crippen MR) is 107 cm³/mol. The Balaban J connectivity index is 1.68. The fourth-order valence-corrected chi connectivity index (χ4v) is 3.06. The highest BCUT2D eigenvalue weighted by molar-refractivity contribution is 8.00. The molecule has 1 amide bonds. The predicted octanol–water partition coefficient (Wildman–Crippen LogP) is 4.85. The van der Waals surface area contributed by atoms with E-state index in [1.807, 2.05) is 0 Å². The Labute approximate surface area is 168 Å². The number of aromatic nitrogens is 1. The van der Waals surface area contributed by atoms with Crippen molar-refractivity contribution in [2.75, 3.05) is 10.6 Å². The number of hydrogen-bond acceptors (Lipinski definition) is 4. The summed E-state index contributed by atoms with van der Waals surface area (Å²) in [7, 11) is 0. The van der Waals surface area contributed by atoms with Crippen LogP contribution in [0.1, 0.15) is 15.9 Å². The Hall–Kier alpha value is -3.20. The molecular weight excluding hydrogens is 403 g/mol. The van der Waals surface area contributed by atoms with Gasteiger partial charge in [-0.25, -0.2) is 0 Å². The number of thioether (sulfide) groups is 1. The monoisotopic (exact) mass is 419 g/mol. The minimum absolute atomic E-state index is 0.0402. The van der Waals surface area contributed by atoms with Gasteiger partial charge in [0.25, 0.3) is 5.91 Å². The van der Waals surface area contributed by atoms with Gasteiger partial charge in [-0.15, -0.1) is 0 Å². The third-order valence-electron chi connectivity index (χ3n) is 3.85. The van der Waals surface area contributed by atoms with Crippen LogP contribution in [0.4, 0.5) is 24.5 Å². The lowest BCUT2D eigenvalue weighted by molar-refractivity contribution is -0.0328. The van der Waals surface area contributed by atoms with Gasteiger partial charge in [-0.1, -0.05) is 18.2 Å². The number of aromatic amines is 1. The quantitative estimate of drug-likeness (QED) is 0.500. The molecule has 3 N–H and O–H groups in total. The van der Waals surface area contributed by atoms with Crippen molar-refractivity contribution >= 4 is 29.0 Å². The number of halogens is 3. The first kappa shape index (κ1) is 20.5. The molecule has 0 unspecified atom stereocenters. The first-order valence-corrected chi connectivity index (χ1v) is 9.29. The topological polar surface area (TPSA) is 74.0 Å². The van der Waals surface area contributed by atoms with Crippen molar-refractivity contribution in [1.29, 1.82) is 0 Å². The van der Waals surface area contributed by atoms with Crippen LogP contribution >= 0.6 is 11.8 Å². The van der Waals surface area contributed by atoms with Crippen molar-refractivity contribution in [3.63, 3.8) is 0 Å². The minimum atomic E-state index is -4.36. The van der Waals surface area contributed by atoms with Gasteiger partial charge in [-0.2, -0.15) is 13.2 Å². The van der Waals surface area contributed by atoms with E-state index >= 15 is 0 Å². The summed E-state index contributed by atoms with van der Waals surface area (Å²) in [5.41, 5.74) is -2.38. The second-order valence-electron chi connectivity index (χ2n) is 5.99. The van der Waals surface area contributed by atoms with E-state index < -0.39 is 11.4 Å². The number of anilines is 2. The van der Waals surface area contributed by atoms with Crippen molar-refractivity contribution in [2.45, 2.75) is 16.9 Å². The van der Waals surface area contributed by atoms with Gasteiger partial charge >= 0.3 is 5.51 Å². The van der Waals surface area contributed by atoms with Crippen molar-refractivity contribution in [3.05, 3.63) is 88.3 Å². The van der Waals surface area contributed by atoms with Crippen LogP contribution < -0.4 is 16.2 Å². The van der Waals surface area contributed by atoms with Crippen LogP contribution in [0, 0.1) is 0 Å². The maximum Gasteiger partial charge on any atom is 0.446 e. The average Bonchev–Trinajstić information content (AvgIpc) is 2.68. The molecule has 0 radical (unpaired) electrons. The third-order valence-corrected chi connectivity index (χ3v) is 4.59. The molecule has 0 aliphatic rings. The molecule has 5 nitrogen and oxygen atoms in total. The molecule has 0 saturated heterocycles. The van der Waals surface area contributed by atoms with E-state index in [2.05, 4.69) is 15.6 Å². The number of benzene rings is 2.